The van der Waals surface area contributed by atoms with Gasteiger partial charge in [-0.25, -0.2) is 14.2 Å². The number of benzene rings is 1. The molecule has 3 rings (SSSR count). The fourth-order valence-electron chi connectivity index (χ4n) is 2.55. The summed E-state index contributed by atoms with van der Waals surface area (Å²) in [5.74, 6) is -1.54. The third-order valence-corrected chi connectivity index (χ3v) is 3.58. The van der Waals surface area contributed by atoms with E-state index in [1.807, 2.05) is 12.1 Å². The molecule has 1 aliphatic rings. The van der Waals surface area contributed by atoms with E-state index in [0.717, 1.165) is 31.5 Å². The second-order valence-corrected chi connectivity index (χ2v) is 5.05. The number of aromatic nitrogens is 1. The van der Waals surface area contributed by atoms with Gasteiger partial charge in [0.15, 0.2) is 0 Å². The Hall–Kier alpha value is -2.43. The third kappa shape index (κ3) is 2.86. The topological polar surface area (TPSA) is 59.4 Å². The number of ether oxygens (including phenoxy) is 1. The summed E-state index contributed by atoms with van der Waals surface area (Å²) in [7, 11) is 0. The van der Waals surface area contributed by atoms with Crippen LogP contribution in [0.5, 0.6) is 11.6 Å². The third-order valence-electron chi connectivity index (χ3n) is 3.58. The van der Waals surface area contributed by atoms with E-state index in [-0.39, 0.29) is 11.4 Å². The van der Waals surface area contributed by atoms with Gasteiger partial charge in [0.05, 0.1) is 6.20 Å². The van der Waals surface area contributed by atoms with Crippen LogP contribution in [0.15, 0.2) is 30.5 Å². The van der Waals surface area contributed by atoms with E-state index in [0.29, 0.717) is 5.75 Å². The molecule has 0 aliphatic heterocycles. The SMILES string of the molecule is O=C(O)c1cc(F)cnc1Oc1ccc2c(c1)CCCC2. The lowest BCUT2D eigenvalue weighted by atomic mass is 9.92. The van der Waals surface area contributed by atoms with E-state index < -0.39 is 11.8 Å². The van der Waals surface area contributed by atoms with E-state index in [2.05, 4.69) is 4.98 Å². The normalized spacial score (nSPS) is 13.6. The van der Waals surface area contributed by atoms with Gasteiger partial charge in [0.1, 0.15) is 17.1 Å². The van der Waals surface area contributed by atoms with Crippen molar-refractivity contribution in [3.63, 3.8) is 0 Å². The minimum Gasteiger partial charge on any atom is -0.477 e. The van der Waals surface area contributed by atoms with Gasteiger partial charge in [0.25, 0.3) is 0 Å². The number of aromatic carboxylic acids is 1. The van der Waals surface area contributed by atoms with Gasteiger partial charge in [0, 0.05) is 0 Å². The van der Waals surface area contributed by atoms with E-state index in [4.69, 9.17) is 9.84 Å². The lowest BCUT2D eigenvalue weighted by Gasteiger charge is -2.16. The van der Waals surface area contributed by atoms with E-state index in [9.17, 15) is 9.18 Å². The molecule has 1 heterocycles. The molecule has 21 heavy (non-hydrogen) atoms. The Labute approximate surface area is 121 Å². The van der Waals surface area contributed by atoms with Crippen LogP contribution in [-0.2, 0) is 12.8 Å². The molecule has 0 saturated heterocycles. The van der Waals surface area contributed by atoms with Crippen LogP contribution in [0.2, 0.25) is 0 Å². The lowest BCUT2D eigenvalue weighted by Crippen LogP contribution is -2.05. The number of aryl methyl sites for hydroxylation is 2. The summed E-state index contributed by atoms with van der Waals surface area (Å²) in [4.78, 5) is 14.8. The predicted molar refractivity (Wildman–Crippen MR) is 74.3 cm³/mol. The average molecular weight is 287 g/mol. The van der Waals surface area contributed by atoms with Crippen LogP contribution >= 0.6 is 0 Å². The van der Waals surface area contributed by atoms with Crippen LogP contribution in [0, 0.1) is 5.82 Å². The molecular formula is C16H14FNO3. The lowest BCUT2D eigenvalue weighted by molar-refractivity contribution is 0.0692. The zero-order chi connectivity index (χ0) is 14.8. The maximum atomic E-state index is 13.1. The van der Waals surface area contributed by atoms with Crippen molar-refractivity contribution in [2.24, 2.45) is 0 Å². The average Bonchev–Trinajstić information content (AvgIpc) is 2.49. The molecule has 1 N–H and O–H groups in total. The summed E-state index contributed by atoms with van der Waals surface area (Å²) in [5.41, 5.74) is 2.24. The Morgan fingerprint density at radius 1 is 1.19 bits per heavy atom. The molecule has 0 bridgehead atoms. The maximum Gasteiger partial charge on any atom is 0.341 e. The Morgan fingerprint density at radius 2 is 1.95 bits per heavy atom. The minimum absolute atomic E-state index is 0.0975. The van der Waals surface area contributed by atoms with E-state index in [1.54, 1.807) is 6.07 Å². The first-order valence-electron chi connectivity index (χ1n) is 6.82. The molecule has 1 aliphatic carbocycles. The molecule has 4 nitrogen and oxygen atoms in total. The van der Waals surface area contributed by atoms with Crippen LogP contribution in [0.25, 0.3) is 0 Å². The highest BCUT2D eigenvalue weighted by Crippen LogP contribution is 2.29. The molecule has 5 heteroatoms. The standard InChI is InChI=1S/C16H14FNO3/c17-12-8-14(16(19)20)15(18-9-12)21-13-6-5-10-3-1-2-4-11(10)7-13/h5-9H,1-4H2,(H,19,20). The van der Waals surface area contributed by atoms with Crippen molar-refractivity contribution < 1.29 is 19.0 Å². The molecule has 0 saturated carbocycles. The number of carboxylic acids is 1. The maximum absolute atomic E-state index is 13.1. The van der Waals surface area contributed by atoms with Gasteiger partial charge < -0.3 is 9.84 Å². The van der Waals surface area contributed by atoms with Gasteiger partial charge in [-0.05, 0) is 55.0 Å². The summed E-state index contributed by atoms with van der Waals surface area (Å²) < 4.78 is 18.6. The van der Waals surface area contributed by atoms with Gasteiger partial charge in [-0.1, -0.05) is 6.07 Å². The van der Waals surface area contributed by atoms with Crippen LogP contribution < -0.4 is 4.74 Å². The highest BCUT2D eigenvalue weighted by molar-refractivity contribution is 5.90. The fourth-order valence-corrected chi connectivity index (χ4v) is 2.55. The molecule has 0 atom stereocenters. The Bertz CT molecular complexity index is 700. The number of halogens is 1. The molecule has 0 unspecified atom stereocenters. The largest absolute Gasteiger partial charge is 0.477 e. The number of fused-ring (bicyclic) bond motifs is 1. The molecule has 0 fully saturated rings. The molecule has 108 valence electrons. The van der Waals surface area contributed by atoms with Crippen molar-refractivity contribution in [3.8, 4) is 11.6 Å². The molecular weight excluding hydrogens is 273 g/mol. The van der Waals surface area contributed by atoms with Gasteiger partial charge in [-0.3, -0.25) is 0 Å². The molecule has 2 aromatic rings. The summed E-state index contributed by atoms with van der Waals surface area (Å²) >= 11 is 0. The summed E-state index contributed by atoms with van der Waals surface area (Å²) in [5, 5.41) is 9.07. The first-order chi connectivity index (χ1) is 10.1. The fraction of sp³-hybridized carbons (Fsp3) is 0.250. The summed E-state index contributed by atoms with van der Waals surface area (Å²) in [6.07, 6.45) is 5.33. The second kappa shape index (κ2) is 5.52. The molecule has 0 amide bonds. The number of nitrogens with zero attached hydrogens (tertiary/aromatic N) is 1. The van der Waals surface area contributed by atoms with Crippen molar-refractivity contribution in [1.82, 2.24) is 4.98 Å². The van der Waals surface area contributed by atoms with Crippen LogP contribution in [0.1, 0.15) is 34.3 Å². The Balaban J connectivity index is 1.92. The number of carbonyl (C=O) groups is 1. The highest BCUT2D eigenvalue weighted by Gasteiger charge is 2.16. The molecule has 1 aromatic heterocycles. The second-order valence-electron chi connectivity index (χ2n) is 5.05. The smallest absolute Gasteiger partial charge is 0.341 e. The van der Waals surface area contributed by atoms with Gasteiger partial charge in [-0.2, -0.15) is 0 Å². The van der Waals surface area contributed by atoms with Crippen molar-refractivity contribution in [1.29, 1.82) is 0 Å². The van der Waals surface area contributed by atoms with Crippen molar-refractivity contribution >= 4 is 5.97 Å². The summed E-state index contributed by atoms with van der Waals surface area (Å²) in [6.45, 7) is 0. The van der Waals surface area contributed by atoms with Gasteiger partial charge in [0.2, 0.25) is 5.88 Å². The number of carboxylic acid groups (broad SMARTS) is 1. The first-order valence-corrected chi connectivity index (χ1v) is 6.82. The number of hydrogen-bond donors (Lipinski definition) is 1. The molecule has 1 aromatic carbocycles. The highest BCUT2D eigenvalue weighted by atomic mass is 19.1. The zero-order valence-electron chi connectivity index (χ0n) is 11.3. The Kier molecular flexibility index (Phi) is 3.56. The van der Waals surface area contributed by atoms with Crippen LogP contribution in [0.4, 0.5) is 4.39 Å². The molecule has 0 radical (unpaired) electrons. The number of pyridine rings is 1. The van der Waals surface area contributed by atoms with E-state index in [1.165, 1.54) is 17.5 Å². The molecule has 0 spiro atoms. The monoisotopic (exact) mass is 287 g/mol. The number of hydrogen-bond acceptors (Lipinski definition) is 3. The minimum atomic E-state index is -1.27. The quantitative estimate of drug-likeness (QED) is 0.937. The van der Waals surface area contributed by atoms with Gasteiger partial charge >= 0.3 is 5.97 Å². The zero-order valence-corrected chi connectivity index (χ0v) is 11.3. The van der Waals surface area contributed by atoms with Gasteiger partial charge in [-0.15, -0.1) is 0 Å². The van der Waals surface area contributed by atoms with Crippen LogP contribution in [-0.4, -0.2) is 16.1 Å². The van der Waals surface area contributed by atoms with Crippen LogP contribution in [0.3, 0.4) is 0 Å². The Morgan fingerprint density at radius 3 is 2.71 bits per heavy atom. The summed E-state index contributed by atoms with van der Waals surface area (Å²) in [6, 6.07) is 6.60. The van der Waals surface area contributed by atoms with Crippen molar-refractivity contribution in [2.75, 3.05) is 0 Å². The predicted octanol–water partition coefficient (Wildman–Crippen LogP) is 3.59. The number of rotatable bonds is 3. The van der Waals surface area contributed by atoms with E-state index >= 15 is 0 Å². The van der Waals surface area contributed by atoms with Crippen molar-refractivity contribution in [3.05, 3.63) is 53.0 Å². The first kappa shape index (κ1) is 13.5. The van der Waals surface area contributed by atoms with Crippen molar-refractivity contribution in [2.45, 2.75) is 25.7 Å².